The minimum Gasteiger partial charge on any atom is -0.383 e. The molecule has 4 aromatic heterocycles. The summed E-state index contributed by atoms with van der Waals surface area (Å²) in [6.07, 6.45) is 7.40. The topological polar surface area (TPSA) is 68.0 Å². The molecule has 4 rings (SSSR count). The molecule has 1 N–H and O–H groups in total. The molecule has 0 spiro atoms. The Morgan fingerprint density at radius 1 is 1.12 bits per heavy atom. The fraction of sp³-hybridized carbons (Fsp3) is 0.176. The third-order valence-corrected chi connectivity index (χ3v) is 4.25. The molecule has 7 heteroatoms. The molecule has 24 heavy (non-hydrogen) atoms. The summed E-state index contributed by atoms with van der Waals surface area (Å²) < 4.78 is 2.96. The molecule has 120 valence electrons. The van der Waals surface area contributed by atoms with Crippen LogP contribution in [0.3, 0.4) is 0 Å². The van der Waals surface area contributed by atoms with Gasteiger partial charge < -0.3 is 5.32 Å². The molecule has 0 unspecified atom stereocenters. The van der Waals surface area contributed by atoms with Crippen molar-refractivity contribution >= 4 is 38.3 Å². The standard InChI is InChI=1S/C17H15BrN6/c18-12-10-14-17(21-11-12)13(6-8-20-14)19-7-3-5-16-23-22-15-4-1-2-9-24(15)16/h1-2,4,6,8-11H,3,5,7H2,(H,19,20). The van der Waals surface area contributed by atoms with E-state index in [1.54, 1.807) is 12.4 Å². The van der Waals surface area contributed by atoms with Gasteiger partial charge in [-0.1, -0.05) is 6.07 Å². The van der Waals surface area contributed by atoms with Crippen molar-refractivity contribution in [1.82, 2.24) is 24.6 Å². The second-order valence-electron chi connectivity index (χ2n) is 5.46. The van der Waals surface area contributed by atoms with Crippen molar-refractivity contribution in [1.29, 1.82) is 0 Å². The lowest BCUT2D eigenvalue weighted by atomic mass is 10.2. The Morgan fingerprint density at radius 3 is 3.04 bits per heavy atom. The zero-order valence-electron chi connectivity index (χ0n) is 12.9. The molecule has 6 nitrogen and oxygen atoms in total. The molecule has 0 amide bonds. The van der Waals surface area contributed by atoms with E-state index in [-0.39, 0.29) is 0 Å². The van der Waals surface area contributed by atoms with Crippen molar-refractivity contribution in [2.24, 2.45) is 0 Å². The Morgan fingerprint density at radius 2 is 2.08 bits per heavy atom. The van der Waals surface area contributed by atoms with Gasteiger partial charge in [0.25, 0.3) is 0 Å². The number of anilines is 1. The van der Waals surface area contributed by atoms with E-state index in [0.717, 1.165) is 52.1 Å². The van der Waals surface area contributed by atoms with E-state index in [1.807, 2.05) is 40.9 Å². The highest BCUT2D eigenvalue weighted by Crippen LogP contribution is 2.22. The predicted molar refractivity (Wildman–Crippen MR) is 97.0 cm³/mol. The number of aryl methyl sites for hydroxylation is 1. The highest BCUT2D eigenvalue weighted by molar-refractivity contribution is 9.10. The first-order valence-corrected chi connectivity index (χ1v) is 8.53. The molecule has 4 aromatic rings. The molecule has 0 saturated carbocycles. The van der Waals surface area contributed by atoms with Crippen molar-refractivity contribution in [2.75, 3.05) is 11.9 Å². The Balaban J connectivity index is 1.43. The lowest BCUT2D eigenvalue weighted by molar-refractivity contribution is 0.788. The summed E-state index contributed by atoms with van der Waals surface area (Å²) in [6.45, 7) is 0.832. The molecule has 0 fully saturated rings. The van der Waals surface area contributed by atoms with Gasteiger partial charge in [-0.25, -0.2) is 0 Å². The van der Waals surface area contributed by atoms with Crippen LogP contribution in [0.5, 0.6) is 0 Å². The van der Waals surface area contributed by atoms with Gasteiger partial charge >= 0.3 is 0 Å². The van der Waals surface area contributed by atoms with Gasteiger partial charge in [-0.2, -0.15) is 0 Å². The number of hydrogen-bond donors (Lipinski definition) is 1. The molecule has 0 atom stereocenters. The highest BCUT2D eigenvalue weighted by atomic mass is 79.9. The van der Waals surface area contributed by atoms with Crippen LogP contribution in [0.4, 0.5) is 5.69 Å². The van der Waals surface area contributed by atoms with Crippen LogP contribution in [0.15, 0.2) is 53.4 Å². The van der Waals surface area contributed by atoms with Crippen LogP contribution in [0.2, 0.25) is 0 Å². The van der Waals surface area contributed by atoms with Crippen molar-refractivity contribution < 1.29 is 0 Å². The molecule has 0 aliphatic carbocycles. The number of hydrogen-bond acceptors (Lipinski definition) is 5. The summed E-state index contributed by atoms with van der Waals surface area (Å²) in [4.78, 5) is 8.80. The van der Waals surface area contributed by atoms with E-state index in [2.05, 4.69) is 41.4 Å². The number of nitrogens with zero attached hydrogens (tertiary/aromatic N) is 5. The molecule has 0 bridgehead atoms. The van der Waals surface area contributed by atoms with Gasteiger partial charge in [0.2, 0.25) is 0 Å². The van der Waals surface area contributed by atoms with E-state index in [4.69, 9.17) is 0 Å². The van der Waals surface area contributed by atoms with Crippen molar-refractivity contribution in [3.8, 4) is 0 Å². The van der Waals surface area contributed by atoms with Crippen LogP contribution in [0.25, 0.3) is 16.7 Å². The Labute approximate surface area is 147 Å². The third kappa shape index (κ3) is 2.94. The van der Waals surface area contributed by atoms with Crippen LogP contribution >= 0.6 is 15.9 Å². The van der Waals surface area contributed by atoms with Gasteiger partial charge in [0.15, 0.2) is 5.65 Å². The number of pyridine rings is 3. The monoisotopic (exact) mass is 382 g/mol. The summed E-state index contributed by atoms with van der Waals surface area (Å²) in [5, 5.41) is 11.9. The Kier molecular flexibility index (Phi) is 4.08. The first-order chi connectivity index (χ1) is 11.8. The fourth-order valence-electron chi connectivity index (χ4n) is 2.68. The van der Waals surface area contributed by atoms with E-state index in [1.165, 1.54) is 0 Å². The number of halogens is 1. The van der Waals surface area contributed by atoms with Crippen LogP contribution in [-0.2, 0) is 6.42 Å². The molecule has 4 heterocycles. The third-order valence-electron chi connectivity index (χ3n) is 3.82. The minimum absolute atomic E-state index is 0.832. The van der Waals surface area contributed by atoms with Gasteiger partial charge in [-0.05, 0) is 46.6 Å². The molecule has 0 saturated heterocycles. The van der Waals surface area contributed by atoms with Gasteiger partial charge in [0.1, 0.15) is 11.3 Å². The van der Waals surface area contributed by atoms with Crippen molar-refractivity contribution in [3.05, 3.63) is 59.2 Å². The SMILES string of the molecule is Brc1cnc2c(NCCCc3nnc4ccccn34)ccnc2c1. The second kappa shape index (κ2) is 6.52. The summed E-state index contributed by atoms with van der Waals surface area (Å²) >= 11 is 3.42. The van der Waals surface area contributed by atoms with Crippen LogP contribution in [-0.4, -0.2) is 31.1 Å². The smallest absolute Gasteiger partial charge is 0.160 e. The molecule has 0 aliphatic rings. The second-order valence-corrected chi connectivity index (χ2v) is 6.37. The fourth-order valence-corrected chi connectivity index (χ4v) is 3.00. The molecule has 0 radical (unpaired) electrons. The van der Waals surface area contributed by atoms with Crippen molar-refractivity contribution in [3.63, 3.8) is 0 Å². The summed E-state index contributed by atoms with van der Waals surface area (Å²) in [5.41, 5.74) is 3.64. The maximum absolute atomic E-state index is 4.45. The quantitative estimate of drug-likeness (QED) is 0.535. The van der Waals surface area contributed by atoms with E-state index in [0.29, 0.717) is 0 Å². The molecular weight excluding hydrogens is 368 g/mol. The van der Waals surface area contributed by atoms with E-state index in [9.17, 15) is 0 Å². The van der Waals surface area contributed by atoms with Gasteiger partial charge in [0, 0.05) is 36.0 Å². The van der Waals surface area contributed by atoms with Crippen LogP contribution < -0.4 is 5.32 Å². The molecule has 0 aromatic carbocycles. The number of nitrogens with one attached hydrogen (secondary N) is 1. The summed E-state index contributed by atoms with van der Waals surface area (Å²) in [6, 6.07) is 9.84. The first-order valence-electron chi connectivity index (χ1n) is 7.74. The lowest BCUT2D eigenvalue weighted by Crippen LogP contribution is -2.05. The minimum atomic E-state index is 0.832. The normalized spacial score (nSPS) is 11.2. The number of aromatic nitrogens is 5. The first kappa shape index (κ1) is 15.0. The van der Waals surface area contributed by atoms with E-state index >= 15 is 0 Å². The largest absolute Gasteiger partial charge is 0.383 e. The average Bonchev–Trinajstić information content (AvgIpc) is 3.02. The molecular formula is C17H15BrN6. The van der Waals surface area contributed by atoms with Gasteiger partial charge in [-0.3, -0.25) is 14.4 Å². The van der Waals surface area contributed by atoms with Gasteiger partial charge in [0.05, 0.1) is 11.2 Å². The molecule has 0 aliphatic heterocycles. The number of fused-ring (bicyclic) bond motifs is 2. The maximum Gasteiger partial charge on any atom is 0.160 e. The summed E-state index contributed by atoms with van der Waals surface area (Å²) in [7, 11) is 0. The van der Waals surface area contributed by atoms with Crippen molar-refractivity contribution in [2.45, 2.75) is 12.8 Å². The average molecular weight is 383 g/mol. The maximum atomic E-state index is 4.45. The highest BCUT2D eigenvalue weighted by Gasteiger charge is 2.06. The Bertz CT molecular complexity index is 997. The Hall–Kier alpha value is -2.54. The zero-order chi connectivity index (χ0) is 16.4. The van der Waals surface area contributed by atoms with E-state index < -0.39 is 0 Å². The van der Waals surface area contributed by atoms with Gasteiger partial charge in [-0.15, -0.1) is 10.2 Å². The van der Waals surface area contributed by atoms with Crippen LogP contribution in [0.1, 0.15) is 12.2 Å². The van der Waals surface area contributed by atoms with Crippen LogP contribution in [0, 0.1) is 0 Å². The summed E-state index contributed by atoms with van der Waals surface area (Å²) in [5.74, 6) is 0.981. The predicted octanol–water partition coefficient (Wildman–Crippen LogP) is 3.48. The lowest BCUT2D eigenvalue weighted by Gasteiger charge is -2.08. The zero-order valence-corrected chi connectivity index (χ0v) is 14.4. The number of rotatable bonds is 5.